The fourth-order valence-corrected chi connectivity index (χ4v) is 1.43. The molecular weight excluding hydrogens is 150 g/mol. The van der Waals surface area contributed by atoms with E-state index in [2.05, 4.69) is 35.7 Å². The van der Waals surface area contributed by atoms with E-state index in [1.165, 1.54) is 0 Å². The molecule has 1 aliphatic rings. The minimum atomic E-state index is 0. The minimum Gasteiger partial charge on any atom is -0.280 e. The lowest BCUT2D eigenvalue weighted by atomic mass is 10.5. The van der Waals surface area contributed by atoms with Gasteiger partial charge >= 0.3 is 0 Å². The van der Waals surface area contributed by atoms with Crippen LogP contribution in [0.3, 0.4) is 0 Å². The van der Waals surface area contributed by atoms with E-state index in [4.69, 9.17) is 0 Å². The van der Waals surface area contributed by atoms with Gasteiger partial charge in [0.15, 0.2) is 0 Å². The third-order valence-electron chi connectivity index (χ3n) is 1.81. The van der Waals surface area contributed by atoms with E-state index < -0.39 is 0 Å². The maximum Gasteiger partial charge on any atom is 0.0526 e. The van der Waals surface area contributed by atoms with Crippen LogP contribution < -0.4 is 0 Å². The van der Waals surface area contributed by atoms with Crippen LogP contribution in [-0.2, 0) is 0 Å². The maximum atomic E-state index is 2.41. The van der Waals surface area contributed by atoms with Gasteiger partial charge in [0.1, 0.15) is 0 Å². The van der Waals surface area contributed by atoms with Crippen molar-refractivity contribution in [2.75, 3.05) is 40.6 Å². The average Bonchev–Trinajstić information content (AvgIpc) is 1.85. The molecule has 3 heteroatoms. The van der Waals surface area contributed by atoms with Crippen LogP contribution in [0.5, 0.6) is 0 Å². The molecule has 0 N–H and O–H groups in total. The Morgan fingerprint density at radius 3 is 1.67 bits per heavy atom. The smallest absolute Gasteiger partial charge is 0.0526 e. The number of hydrogen-bond donors (Lipinski definition) is 0. The predicted octanol–water partition coefficient (Wildman–Crippen LogP) is 1.33. The summed E-state index contributed by atoms with van der Waals surface area (Å²) < 4.78 is 0. The Morgan fingerprint density at radius 2 is 1.33 bits per heavy atom. The topological polar surface area (TPSA) is 9.72 Å². The van der Waals surface area contributed by atoms with Gasteiger partial charge in [-0.1, -0.05) is 21.8 Å². The first-order valence-corrected chi connectivity index (χ1v) is 3.82. The predicted molar refractivity (Wildman–Crippen MR) is 56.0 cm³/mol. The van der Waals surface area contributed by atoms with E-state index in [9.17, 15) is 0 Å². The van der Waals surface area contributed by atoms with E-state index >= 15 is 0 Å². The summed E-state index contributed by atoms with van der Waals surface area (Å²) in [5.41, 5.74) is 0. The molecular formula is C9H25N3. The van der Waals surface area contributed by atoms with Crippen molar-refractivity contribution >= 4 is 0 Å². The normalized spacial score (nSPS) is 21.2. The highest BCUT2D eigenvalue weighted by Crippen LogP contribution is 2.01. The molecule has 76 valence electrons. The summed E-state index contributed by atoms with van der Waals surface area (Å²) >= 11 is 0. The number of rotatable bonds is 1. The monoisotopic (exact) mass is 175 g/mol. The standard InChI is InChI=1S/C7H17N3.2CH4/c1-4-10-6-8(2)5-9(3)7-10;;/h4-7H2,1-3H3;2*1H4. The molecule has 0 saturated carbocycles. The van der Waals surface area contributed by atoms with Crippen LogP contribution in [0.25, 0.3) is 0 Å². The second-order valence-corrected chi connectivity index (χ2v) is 3.12. The molecule has 12 heavy (non-hydrogen) atoms. The van der Waals surface area contributed by atoms with E-state index in [-0.39, 0.29) is 14.9 Å². The summed E-state index contributed by atoms with van der Waals surface area (Å²) in [6, 6.07) is 0. The summed E-state index contributed by atoms with van der Waals surface area (Å²) in [6.07, 6.45) is 0. The highest BCUT2D eigenvalue weighted by molar-refractivity contribution is 4.61. The van der Waals surface area contributed by atoms with Crippen molar-refractivity contribution in [2.45, 2.75) is 21.8 Å². The Labute approximate surface area is 77.9 Å². The number of hydrogen-bond acceptors (Lipinski definition) is 3. The molecule has 0 aromatic heterocycles. The maximum absolute atomic E-state index is 2.41. The zero-order valence-electron chi connectivity index (χ0n) is 7.17. The molecule has 0 unspecified atom stereocenters. The molecule has 1 fully saturated rings. The largest absolute Gasteiger partial charge is 0.280 e. The zero-order valence-corrected chi connectivity index (χ0v) is 7.17. The average molecular weight is 175 g/mol. The molecule has 1 aliphatic heterocycles. The molecule has 0 bridgehead atoms. The third kappa shape index (κ3) is 4.04. The first-order chi connectivity index (χ1) is 4.72. The fourth-order valence-electron chi connectivity index (χ4n) is 1.43. The highest BCUT2D eigenvalue weighted by atomic mass is 15.5. The molecule has 1 heterocycles. The van der Waals surface area contributed by atoms with Crippen LogP contribution in [0.4, 0.5) is 0 Å². The van der Waals surface area contributed by atoms with Gasteiger partial charge in [-0.15, -0.1) is 0 Å². The van der Waals surface area contributed by atoms with E-state index in [0.717, 1.165) is 26.6 Å². The van der Waals surface area contributed by atoms with Crippen LogP contribution >= 0.6 is 0 Å². The lowest BCUT2D eigenvalue weighted by Crippen LogP contribution is -2.51. The van der Waals surface area contributed by atoms with Gasteiger partial charge in [0.2, 0.25) is 0 Å². The Hall–Kier alpha value is -0.120. The number of nitrogens with zero attached hydrogens (tertiary/aromatic N) is 3. The van der Waals surface area contributed by atoms with Crippen LogP contribution in [0.1, 0.15) is 21.8 Å². The minimum absolute atomic E-state index is 0. The van der Waals surface area contributed by atoms with Crippen molar-refractivity contribution in [1.29, 1.82) is 0 Å². The van der Waals surface area contributed by atoms with Crippen molar-refractivity contribution < 1.29 is 0 Å². The molecule has 0 aliphatic carbocycles. The van der Waals surface area contributed by atoms with Crippen LogP contribution in [0.15, 0.2) is 0 Å². The SMILES string of the molecule is C.C.CCN1CN(C)CN(C)C1. The fraction of sp³-hybridized carbons (Fsp3) is 1.00. The summed E-state index contributed by atoms with van der Waals surface area (Å²) in [5.74, 6) is 0. The van der Waals surface area contributed by atoms with Crippen molar-refractivity contribution in [3.63, 3.8) is 0 Å². The highest BCUT2D eigenvalue weighted by Gasteiger charge is 2.15. The van der Waals surface area contributed by atoms with E-state index in [0.29, 0.717) is 0 Å². The van der Waals surface area contributed by atoms with Gasteiger partial charge in [-0.05, 0) is 20.6 Å². The van der Waals surface area contributed by atoms with Crippen molar-refractivity contribution in [3.8, 4) is 0 Å². The summed E-state index contributed by atoms with van der Waals surface area (Å²) in [7, 11) is 4.30. The van der Waals surface area contributed by atoms with Gasteiger partial charge in [-0.3, -0.25) is 14.7 Å². The second kappa shape index (κ2) is 6.40. The summed E-state index contributed by atoms with van der Waals surface area (Å²) in [4.78, 5) is 7.03. The second-order valence-electron chi connectivity index (χ2n) is 3.12. The molecule has 0 aromatic carbocycles. The van der Waals surface area contributed by atoms with Crippen LogP contribution in [0.2, 0.25) is 0 Å². The van der Waals surface area contributed by atoms with E-state index in [1.54, 1.807) is 0 Å². The van der Waals surface area contributed by atoms with Crippen LogP contribution in [0, 0.1) is 0 Å². The lowest BCUT2D eigenvalue weighted by Gasteiger charge is -2.38. The molecule has 0 spiro atoms. The molecule has 0 radical (unpaired) electrons. The van der Waals surface area contributed by atoms with Gasteiger partial charge < -0.3 is 0 Å². The molecule has 1 saturated heterocycles. The molecule has 0 amide bonds. The Balaban J connectivity index is 0. The van der Waals surface area contributed by atoms with Crippen molar-refractivity contribution in [3.05, 3.63) is 0 Å². The first-order valence-electron chi connectivity index (χ1n) is 3.82. The Kier molecular flexibility index (Phi) is 7.69. The summed E-state index contributed by atoms with van der Waals surface area (Å²) in [5, 5.41) is 0. The first kappa shape index (κ1) is 14.4. The third-order valence-corrected chi connectivity index (χ3v) is 1.81. The van der Waals surface area contributed by atoms with Crippen LogP contribution in [-0.4, -0.2) is 55.3 Å². The summed E-state index contributed by atoms with van der Waals surface area (Å²) in [6.45, 7) is 6.67. The molecule has 0 aromatic rings. The van der Waals surface area contributed by atoms with Crippen molar-refractivity contribution in [2.24, 2.45) is 0 Å². The Morgan fingerprint density at radius 1 is 0.917 bits per heavy atom. The quantitative estimate of drug-likeness (QED) is 0.595. The molecule has 3 nitrogen and oxygen atoms in total. The van der Waals surface area contributed by atoms with Crippen molar-refractivity contribution in [1.82, 2.24) is 14.7 Å². The molecule has 0 atom stereocenters. The van der Waals surface area contributed by atoms with E-state index in [1.807, 2.05) is 0 Å². The van der Waals surface area contributed by atoms with Gasteiger partial charge in [-0.25, -0.2) is 0 Å². The lowest BCUT2D eigenvalue weighted by molar-refractivity contribution is 0.00208. The molecule has 1 rings (SSSR count). The van der Waals surface area contributed by atoms with Gasteiger partial charge in [0.05, 0.1) is 20.0 Å². The van der Waals surface area contributed by atoms with Gasteiger partial charge in [0.25, 0.3) is 0 Å². The Bertz CT molecular complexity index is 95.9. The van der Waals surface area contributed by atoms with Gasteiger partial charge in [0, 0.05) is 0 Å². The van der Waals surface area contributed by atoms with Gasteiger partial charge in [-0.2, -0.15) is 0 Å². The zero-order chi connectivity index (χ0) is 7.56.